The molecular weight excluding hydrogens is 419 g/mol. The Balaban J connectivity index is 1.41. The second-order valence-electron chi connectivity index (χ2n) is 7.34. The Morgan fingerprint density at radius 2 is 1.96 bits per heavy atom. The highest BCUT2D eigenvalue weighted by molar-refractivity contribution is 7.23. The van der Waals surface area contributed by atoms with Crippen molar-refractivity contribution in [1.29, 1.82) is 0 Å². The molecule has 1 aromatic carbocycles. The fourth-order valence-corrected chi connectivity index (χ4v) is 5.90. The second-order valence-corrected chi connectivity index (χ2v) is 9.14. The molecule has 5 rings (SSSR count). The van der Waals surface area contributed by atoms with Crippen LogP contribution in [0.4, 0.5) is 0 Å². The Morgan fingerprint density at radius 1 is 1.18 bits per heavy atom. The molecule has 2 aliphatic rings. The lowest BCUT2D eigenvalue weighted by atomic mass is 10.1. The molecule has 0 spiro atoms. The van der Waals surface area contributed by atoms with Crippen LogP contribution in [0.1, 0.15) is 36.2 Å². The van der Waals surface area contributed by atoms with Crippen LogP contribution < -0.4 is 0 Å². The van der Waals surface area contributed by atoms with E-state index in [0.717, 1.165) is 23.1 Å². The zero-order valence-corrected chi connectivity index (χ0v) is 17.4. The Kier molecular flexibility index (Phi) is 4.49. The molecule has 6 nitrogen and oxygen atoms in total. The number of nitrogens with zero attached hydrogens (tertiary/aromatic N) is 4. The molecule has 1 saturated heterocycles. The number of hydrogen-bond donors (Lipinski definition) is 0. The van der Waals surface area contributed by atoms with Gasteiger partial charge in [-0.1, -0.05) is 47.4 Å². The maximum Gasteiger partial charge on any atom is 0.276 e. The molecule has 28 heavy (non-hydrogen) atoms. The van der Waals surface area contributed by atoms with Crippen molar-refractivity contribution in [3.05, 3.63) is 34.1 Å². The van der Waals surface area contributed by atoms with Gasteiger partial charge in [0.1, 0.15) is 11.7 Å². The van der Waals surface area contributed by atoms with Gasteiger partial charge in [-0.3, -0.25) is 14.0 Å². The lowest BCUT2D eigenvalue weighted by Crippen LogP contribution is -2.55. The van der Waals surface area contributed by atoms with Crippen molar-refractivity contribution in [2.24, 2.45) is 0 Å². The summed E-state index contributed by atoms with van der Waals surface area (Å²) >= 11 is 14.0. The van der Waals surface area contributed by atoms with E-state index in [0.29, 0.717) is 29.1 Å². The number of benzene rings is 1. The van der Waals surface area contributed by atoms with Crippen LogP contribution in [-0.4, -0.2) is 56.7 Å². The van der Waals surface area contributed by atoms with Crippen molar-refractivity contribution in [2.75, 3.05) is 19.6 Å². The predicted octanol–water partition coefficient (Wildman–Crippen LogP) is 4.08. The number of carbonyl (C=O) groups is 2. The summed E-state index contributed by atoms with van der Waals surface area (Å²) in [5.41, 5.74) is 1.06. The van der Waals surface area contributed by atoms with E-state index < -0.39 is 0 Å². The zero-order valence-electron chi connectivity index (χ0n) is 15.0. The summed E-state index contributed by atoms with van der Waals surface area (Å²) in [5, 5.41) is 0.919. The average molecular weight is 437 g/mol. The van der Waals surface area contributed by atoms with Crippen LogP contribution in [0.5, 0.6) is 0 Å². The lowest BCUT2D eigenvalue weighted by molar-refractivity contribution is -0.137. The highest BCUT2D eigenvalue weighted by Gasteiger charge is 2.34. The molecular formula is C19H18Cl2N4O2S. The van der Waals surface area contributed by atoms with Crippen LogP contribution in [0.2, 0.25) is 10.2 Å². The van der Waals surface area contributed by atoms with E-state index in [4.69, 9.17) is 23.2 Å². The van der Waals surface area contributed by atoms with E-state index in [1.165, 1.54) is 24.2 Å². The van der Waals surface area contributed by atoms with Crippen molar-refractivity contribution >= 4 is 61.5 Å². The standard InChI is InChI=1S/C19H18Cl2N4O2S/c20-11-5-6-13-14(9-11)28-19-22-16(17(21)25(13)19)18(27)23-7-8-24(15(26)10-23)12-3-1-2-4-12/h5-6,9,12H,1-4,7-8,10H2. The van der Waals surface area contributed by atoms with Gasteiger partial charge in [0.2, 0.25) is 5.91 Å². The van der Waals surface area contributed by atoms with Crippen LogP contribution in [0.3, 0.4) is 0 Å². The van der Waals surface area contributed by atoms with E-state index >= 15 is 0 Å². The van der Waals surface area contributed by atoms with E-state index in [9.17, 15) is 9.59 Å². The number of fused-ring (bicyclic) bond motifs is 3. The Morgan fingerprint density at radius 3 is 2.71 bits per heavy atom. The number of piperazine rings is 1. The van der Waals surface area contributed by atoms with Gasteiger partial charge >= 0.3 is 0 Å². The molecule has 3 heterocycles. The summed E-state index contributed by atoms with van der Waals surface area (Å²) in [6.45, 7) is 1.18. The molecule has 146 valence electrons. The summed E-state index contributed by atoms with van der Waals surface area (Å²) < 4.78 is 2.72. The fourth-order valence-electron chi connectivity index (χ4n) is 4.26. The highest BCUT2D eigenvalue weighted by atomic mass is 35.5. The first-order chi connectivity index (χ1) is 13.5. The van der Waals surface area contributed by atoms with Gasteiger partial charge in [-0.25, -0.2) is 4.98 Å². The van der Waals surface area contributed by atoms with Gasteiger partial charge < -0.3 is 9.80 Å². The van der Waals surface area contributed by atoms with Crippen LogP contribution in [0.15, 0.2) is 18.2 Å². The molecule has 2 fully saturated rings. The normalized spacial score (nSPS) is 18.7. The molecule has 9 heteroatoms. The number of carbonyl (C=O) groups excluding carboxylic acids is 2. The lowest BCUT2D eigenvalue weighted by Gasteiger charge is -2.37. The third-order valence-corrected chi connectivity index (χ3v) is 7.25. The number of rotatable bonds is 2. The van der Waals surface area contributed by atoms with Crippen molar-refractivity contribution in [3.63, 3.8) is 0 Å². The minimum absolute atomic E-state index is 0.0173. The number of halogens is 2. The first-order valence-corrected chi connectivity index (χ1v) is 10.9. The van der Waals surface area contributed by atoms with Gasteiger partial charge in [-0.15, -0.1) is 0 Å². The highest BCUT2D eigenvalue weighted by Crippen LogP contribution is 2.33. The van der Waals surface area contributed by atoms with E-state index in [1.54, 1.807) is 15.4 Å². The SMILES string of the molecule is O=C(c1nc2sc3cc(Cl)ccc3n2c1Cl)N1CCN(C2CCCC2)C(=O)C1. The third-order valence-electron chi connectivity index (χ3n) is 5.67. The quantitative estimate of drug-likeness (QED) is 0.607. The van der Waals surface area contributed by atoms with E-state index in [1.807, 2.05) is 17.0 Å². The van der Waals surface area contributed by atoms with Crippen molar-refractivity contribution in [3.8, 4) is 0 Å². The minimum atomic E-state index is -0.289. The second kappa shape index (κ2) is 6.90. The molecule has 0 radical (unpaired) electrons. The summed E-state index contributed by atoms with van der Waals surface area (Å²) in [6.07, 6.45) is 4.49. The van der Waals surface area contributed by atoms with Gasteiger partial charge in [0.05, 0.1) is 10.2 Å². The van der Waals surface area contributed by atoms with Crippen molar-refractivity contribution < 1.29 is 9.59 Å². The minimum Gasteiger partial charge on any atom is -0.336 e. The molecule has 2 amide bonds. The summed E-state index contributed by atoms with van der Waals surface area (Å²) in [6, 6.07) is 5.85. The maximum absolute atomic E-state index is 13.0. The van der Waals surface area contributed by atoms with E-state index in [2.05, 4.69) is 4.98 Å². The molecule has 0 bridgehead atoms. The Labute approximate surface area is 175 Å². The summed E-state index contributed by atoms with van der Waals surface area (Å²) in [5.74, 6) is -0.272. The largest absolute Gasteiger partial charge is 0.336 e. The zero-order chi connectivity index (χ0) is 19.4. The van der Waals surface area contributed by atoms with Crippen molar-refractivity contribution in [2.45, 2.75) is 31.7 Å². The number of imidazole rings is 1. The topological polar surface area (TPSA) is 57.9 Å². The first-order valence-electron chi connectivity index (χ1n) is 9.37. The summed E-state index contributed by atoms with van der Waals surface area (Å²) in [7, 11) is 0. The number of hydrogen-bond acceptors (Lipinski definition) is 4. The van der Waals surface area contributed by atoms with Gasteiger partial charge in [0.15, 0.2) is 10.7 Å². The summed E-state index contributed by atoms with van der Waals surface area (Å²) in [4.78, 5) is 34.2. The molecule has 2 aromatic heterocycles. The fraction of sp³-hybridized carbons (Fsp3) is 0.421. The van der Waals surface area contributed by atoms with Crippen LogP contribution >= 0.6 is 34.5 Å². The number of thiazole rings is 1. The number of aromatic nitrogens is 2. The first kappa shape index (κ1) is 18.2. The predicted molar refractivity (Wildman–Crippen MR) is 110 cm³/mol. The van der Waals surface area contributed by atoms with Gasteiger partial charge in [-0.2, -0.15) is 0 Å². The number of amides is 2. The molecule has 0 N–H and O–H groups in total. The molecule has 1 saturated carbocycles. The van der Waals surface area contributed by atoms with Crippen molar-refractivity contribution in [1.82, 2.24) is 19.2 Å². The smallest absolute Gasteiger partial charge is 0.276 e. The van der Waals surface area contributed by atoms with Crippen LogP contribution in [0, 0.1) is 0 Å². The van der Waals surface area contributed by atoms with Crippen LogP contribution in [0.25, 0.3) is 15.2 Å². The molecule has 0 atom stereocenters. The molecule has 3 aromatic rings. The van der Waals surface area contributed by atoms with Crippen LogP contribution in [-0.2, 0) is 4.79 Å². The average Bonchev–Trinajstić information content (AvgIpc) is 3.38. The maximum atomic E-state index is 13.0. The Bertz CT molecular complexity index is 1100. The third kappa shape index (κ3) is 2.88. The monoisotopic (exact) mass is 436 g/mol. The van der Waals surface area contributed by atoms with E-state index in [-0.39, 0.29) is 29.2 Å². The molecule has 1 aliphatic carbocycles. The molecule has 1 aliphatic heterocycles. The van der Waals surface area contributed by atoms with Gasteiger partial charge in [0.25, 0.3) is 5.91 Å². The van der Waals surface area contributed by atoms with Gasteiger partial charge in [-0.05, 0) is 31.0 Å². The Hall–Kier alpha value is -1.83. The van der Waals surface area contributed by atoms with Gasteiger partial charge in [0, 0.05) is 24.2 Å². The molecule has 0 unspecified atom stereocenters.